The maximum atomic E-state index is 14.7. The largest absolute Gasteiger partial charge is 0.465 e. The van der Waals surface area contributed by atoms with Crippen LogP contribution < -0.4 is 4.90 Å². The Labute approximate surface area is 231 Å². The van der Waals surface area contributed by atoms with Crippen LogP contribution in [-0.4, -0.2) is 70.8 Å². The zero-order valence-corrected chi connectivity index (χ0v) is 23.7. The number of aliphatic hydroxyl groups is 1. The van der Waals surface area contributed by atoms with Gasteiger partial charge >= 0.3 is 5.97 Å². The van der Waals surface area contributed by atoms with E-state index in [2.05, 4.69) is 13.2 Å². The van der Waals surface area contributed by atoms with Crippen LogP contribution in [0.15, 0.2) is 43.5 Å². The van der Waals surface area contributed by atoms with Gasteiger partial charge < -0.3 is 24.4 Å². The highest BCUT2D eigenvalue weighted by Crippen LogP contribution is 2.65. The number of aliphatic hydroxyl groups excluding tert-OH is 1. The summed E-state index contributed by atoms with van der Waals surface area (Å²) in [5.74, 6) is -2.77. The van der Waals surface area contributed by atoms with Gasteiger partial charge in [-0.2, -0.15) is 0 Å². The molecule has 4 rings (SSSR count). The molecule has 8 heteroatoms. The quantitative estimate of drug-likeness (QED) is 0.247. The van der Waals surface area contributed by atoms with Gasteiger partial charge in [-0.25, -0.2) is 0 Å². The molecule has 212 valence electrons. The summed E-state index contributed by atoms with van der Waals surface area (Å²) in [7, 11) is 0. The Morgan fingerprint density at radius 2 is 1.92 bits per heavy atom. The first kappa shape index (κ1) is 29.0. The van der Waals surface area contributed by atoms with Gasteiger partial charge in [0.2, 0.25) is 5.91 Å². The normalized spacial score (nSPS) is 29.7. The lowest BCUT2D eigenvalue weighted by Gasteiger charge is -2.40. The van der Waals surface area contributed by atoms with E-state index in [1.807, 2.05) is 45.9 Å². The molecule has 1 N–H and O–H groups in total. The van der Waals surface area contributed by atoms with Crippen molar-refractivity contribution >= 4 is 23.5 Å². The van der Waals surface area contributed by atoms with Gasteiger partial charge in [-0.05, 0) is 57.1 Å². The predicted octanol–water partition coefficient (Wildman–Crippen LogP) is 3.87. The van der Waals surface area contributed by atoms with Crippen molar-refractivity contribution in [1.29, 1.82) is 0 Å². The molecule has 0 aliphatic carbocycles. The molecule has 1 aromatic rings. The lowest BCUT2D eigenvalue weighted by atomic mass is 9.65. The molecular weight excluding hydrogens is 496 g/mol. The van der Waals surface area contributed by atoms with Crippen LogP contribution in [0.5, 0.6) is 0 Å². The van der Waals surface area contributed by atoms with Crippen molar-refractivity contribution < 1.29 is 29.0 Å². The Bertz CT molecular complexity index is 1130. The van der Waals surface area contributed by atoms with E-state index >= 15 is 0 Å². The maximum Gasteiger partial charge on any atom is 0.312 e. The van der Waals surface area contributed by atoms with E-state index in [-0.39, 0.29) is 31.6 Å². The van der Waals surface area contributed by atoms with Gasteiger partial charge in [0.25, 0.3) is 5.91 Å². The highest BCUT2D eigenvalue weighted by Gasteiger charge is 2.79. The van der Waals surface area contributed by atoms with Gasteiger partial charge in [0.05, 0.1) is 30.8 Å². The Morgan fingerprint density at radius 3 is 2.49 bits per heavy atom. The maximum absolute atomic E-state index is 14.7. The molecule has 2 unspecified atom stereocenters. The molecule has 1 spiro atoms. The second kappa shape index (κ2) is 11.3. The fraction of sp³-hybridized carbons (Fsp3) is 0.581. The number of anilines is 1. The van der Waals surface area contributed by atoms with Crippen molar-refractivity contribution in [2.24, 2.45) is 11.8 Å². The van der Waals surface area contributed by atoms with Crippen LogP contribution in [0, 0.1) is 25.7 Å². The fourth-order valence-electron chi connectivity index (χ4n) is 7.23. The first-order valence-corrected chi connectivity index (χ1v) is 14.1. The minimum Gasteiger partial charge on any atom is -0.465 e. The predicted molar refractivity (Wildman–Crippen MR) is 149 cm³/mol. The SMILES string of the molecule is C=CCCOC(=O)[C@H]1[C@H]2C(=O)N([C@@H](CC)CO)C(C(=O)N(CC=C)c3c(C)cccc3C)C23CC[C@]1(CC)O3. The first-order valence-electron chi connectivity index (χ1n) is 14.1. The number of carbonyl (C=O) groups is 3. The highest BCUT2D eigenvalue weighted by molar-refractivity contribution is 6.05. The van der Waals surface area contributed by atoms with Crippen molar-refractivity contribution in [2.45, 2.75) is 83.1 Å². The molecule has 2 amide bonds. The fourth-order valence-corrected chi connectivity index (χ4v) is 7.23. The summed E-state index contributed by atoms with van der Waals surface area (Å²) in [5.41, 5.74) is 0.554. The number of para-hydroxylation sites is 1. The standard InChI is InChI=1S/C31H42N2O6/c1-7-11-18-38-29(37)24-23-27(35)33(22(9-3)19-34)26(31(23)16-15-30(24,10-4)39-31)28(36)32(17-8-2)25-20(5)13-12-14-21(25)6/h7-8,12-14,22-24,26,34H,1-2,9-11,15-19H2,3-6H3/t22-,23-,24+,26?,30-,31?/m0/s1. The van der Waals surface area contributed by atoms with Crippen molar-refractivity contribution in [3.05, 3.63) is 54.6 Å². The number of rotatable bonds is 12. The van der Waals surface area contributed by atoms with Crippen molar-refractivity contribution in [1.82, 2.24) is 4.90 Å². The van der Waals surface area contributed by atoms with Crippen LogP contribution in [0.2, 0.25) is 0 Å². The molecule has 1 aromatic carbocycles. The van der Waals surface area contributed by atoms with Crippen molar-refractivity contribution in [3.8, 4) is 0 Å². The van der Waals surface area contributed by atoms with Crippen LogP contribution in [-0.2, 0) is 23.9 Å². The van der Waals surface area contributed by atoms with E-state index in [1.165, 1.54) is 4.90 Å². The first-order chi connectivity index (χ1) is 18.7. The number of aryl methyl sites for hydroxylation is 2. The summed E-state index contributed by atoms with van der Waals surface area (Å²) in [6, 6.07) is 4.26. The summed E-state index contributed by atoms with van der Waals surface area (Å²) < 4.78 is 12.4. The summed E-state index contributed by atoms with van der Waals surface area (Å²) in [4.78, 5) is 45.8. The van der Waals surface area contributed by atoms with E-state index in [9.17, 15) is 19.5 Å². The van der Waals surface area contributed by atoms with E-state index in [1.54, 1.807) is 17.1 Å². The molecule has 0 saturated carbocycles. The van der Waals surface area contributed by atoms with E-state index in [4.69, 9.17) is 9.47 Å². The Hall–Kier alpha value is -2.97. The highest BCUT2D eigenvalue weighted by atomic mass is 16.6. The molecule has 0 radical (unpaired) electrons. The smallest absolute Gasteiger partial charge is 0.312 e. The monoisotopic (exact) mass is 538 g/mol. The average molecular weight is 539 g/mol. The summed E-state index contributed by atoms with van der Waals surface area (Å²) >= 11 is 0. The van der Waals surface area contributed by atoms with Gasteiger partial charge in [0.1, 0.15) is 17.6 Å². The van der Waals surface area contributed by atoms with Gasteiger partial charge in [-0.15, -0.1) is 13.2 Å². The van der Waals surface area contributed by atoms with Gasteiger partial charge in [-0.3, -0.25) is 14.4 Å². The number of ether oxygens (including phenoxy) is 2. The molecular formula is C31H42N2O6. The van der Waals surface area contributed by atoms with E-state index in [0.717, 1.165) is 16.8 Å². The zero-order valence-electron chi connectivity index (χ0n) is 23.7. The third kappa shape index (κ3) is 4.42. The van der Waals surface area contributed by atoms with E-state index < -0.39 is 41.1 Å². The topological polar surface area (TPSA) is 96.4 Å². The molecule has 3 fully saturated rings. The van der Waals surface area contributed by atoms with Crippen molar-refractivity contribution in [2.75, 3.05) is 24.7 Å². The number of fused-ring (bicyclic) bond motifs is 1. The number of amides is 2. The lowest BCUT2D eigenvalue weighted by molar-refractivity contribution is -0.162. The molecule has 39 heavy (non-hydrogen) atoms. The Morgan fingerprint density at radius 1 is 1.23 bits per heavy atom. The average Bonchev–Trinajstić information content (AvgIpc) is 3.52. The van der Waals surface area contributed by atoms with Crippen LogP contribution in [0.25, 0.3) is 0 Å². The molecule has 8 nitrogen and oxygen atoms in total. The second-order valence-corrected chi connectivity index (χ2v) is 11.0. The Balaban J connectivity index is 1.86. The van der Waals surface area contributed by atoms with Crippen LogP contribution in [0.3, 0.4) is 0 Å². The molecule has 0 aromatic heterocycles. The van der Waals surface area contributed by atoms with Crippen LogP contribution in [0.4, 0.5) is 5.69 Å². The molecule has 3 aliphatic rings. The third-order valence-electron chi connectivity index (χ3n) is 9.04. The number of carbonyl (C=O) groups excluding carboxylic acids is 3. The number of benzene rings is 1. The minimum absolute atomic E-state index is 0.173. The lowest BCUT2D eigenvalue weighted by Crippen LogP contribution is -2.59. The van der Waals surface area contributed by atoms with Gasteiger partial charge in [-0.1, -0.05) is 44.2 Å². The Kier molecular flexibility index (Phi) is 8.38. The molecule has 3 aliphatic heterocycles. The van der Waals surface area contributed by atoms with Gasteiger partial charge in [0, 0.05) is 12.2 Å². The molecule has 2 bridgehead atoms. The van der Waals surface area contributed by atoms with E-state index in [0.29, 0.717) is 32.1 Å². The van der Waals surface area contributed by atoms with Crippen molar-refractivity contribution in [3.63, 3.8) is 0 Å². The number of hydrogen-bond acceptors (Lipinski definition) is 6. The molecule has 6 atom stereocenters. The van der Waals surface area contributed by atoms with Crippen LogP contribution >= 0.6 is 0 Å². The zero-order chi connectivity index (χ0) is 28.5. The van der Waals surface area contributed by atoms with Gasteiger partial charge in [0.15, 0.2) is 0 Å². The number of esters is 1. The number of hydrogen-bond donors (Lipinski definition) is 1. The summed E-state index contributed by atoms with van der Waals surface area (Å²) in [5, 5.41) is 10.3. The number of likely N-dealkylation sites (tertiary alicyclic amines) is 1. The number of nitrogens with zero attached hydrogens (tertiary/aromatic N) is 2. The summed E-state index contributed by atoms with van der Waals surface area (Å²) in [6.07, 6.45) is 5.84. The molecule has 3 heterocycles. The minimum atomic E-state index is -1.19. The van der Waals surface area contributed by atoms with Crippen LogP contribution in [0.1, 0.15) is 57.1 Å². The summed E-state index contributed by atoms with van der Waals surface area (Å²) in [6.45, 7) is 15.4. The molecule has 3 saturated heterocycles. The second-order valence-electron chi connectivity index (χ2n) is 11.0. The third-order valence-corrected chi connectivity index (χ3v) is 9.04.